The van der Waals surface area contributed by atoms with Crippen LogP contribution in [0.1, 0.15) is 44.6 Å². The van der Waals surface area contributed by atoms with Gasteiger partial charge < -0.3 is 4.52 Å². The number of aryl methyl sites for hydroxylation is 1. The standard InChI is InChI=1S/C10H15NO/c1-3-8-7-9(11-12-8)10(2)5-4-6-10/h7H,3-6H2,1-2H3. The van der Waals surface area contributed by atoms with E-state index in [0.717, 1.165) is 17.9 Å². The minimum Gasteiger partial charge on any atom is -0.361 e. The molecular weight excluding hydrogens is 150 g/mol. The highest BCUT2D eigenvalue weighted by molar-refractivity contribution is 5.19. The molecule has 2 heteroatoms. The van der Waals surface area contributed by atoms with Gasteiger partial charge in [0.25, 0.3) is 0 Å². The molecular formula is C10H15NO. The zero-order valence-electron chi connectivity index (χ0n) is 7.76. The molecule has 1 heterocycles. The van der Waals surface area contributed by atoms with Crippen molar-refractivity contribution < 1.29 is 4.52 Å². The number of hydrogen-bond donors (Lipinski definition) is 0. The fourth-order valence-corrected chi connectivity index (χ4v) is 1.73. The average molecular weight is 165 g/mol. The average Bonchev–Trinajstić information content (AvgIpc) is 2.48. The van der Waals surface area contributed by atoms with Gasteiger partial charge in [0, 0.05) is 17.9 Å². The van der Waals surface area contributed by atoms with Gasteiger partial charge >= 0.3 is 0 Å². The molecule has 1 aliphatic carbocycles. The highest BCUT2D eigenvalue weighted by Gasteiger charge is 2.36. The minimum absolute atomic E-state index is 0.330. The summed E-state index contributed by atoms with van der Waals surface area (Å²) in [5.41, 5.74) is 1.49. The van der Waals surface area contributed by atoms with Crippen molar-refractivity contribution in [1.82, 2.24) is 5.16 Å². The van der Waals surface area contributed by atoms with Crippen LogP contribution in [0, 0.1) is 0 Å². The highest BCUT2D eigenvalue weighted by Crippen LogP contribution is 2.42. The van der Waals surface area contributed by atoms with Crippen molar-refractivity contribution in [1.29, 1.82) is 0 Å². The van der Waals surface area contributed by atoms with E-state index < -0.39 is 0 Å². The van der Waals surface area contributed by atoms with Gasteiger partial charge in [-0.3, -0.25) is 0 Å². The third-order valence-corrected chi connectivity index (χ3v) is 2.98. The molecule has 2 rings (SSSR count). The summed E-state index contributed by atoms with van der Waals surface area (Å²) in [5, 5.41) is 4.11. The van der Waals surface area contributed by atoms with Crippen molar-refractivity contribution >= 4 is 0 Å². The third kappa shape index (κ3) is 1.06. The van der Waals surface area contributed by atoms with Crippen LogP contribution in [0.4, 0.5) is 0 Å². The maximum Gasteiger partial charge on any atom is 0.136 e. The van der Waals surface area contributed by atoms with Gasteiger partial charge in [-0.25, -0.2) is 0 Å². The van der Waals surface area contributed by atoms with Crippen LogP contribution >= 0.6 is 0 Å². The van der Waals surface area contributed by atoms with Crippen LogP contribution in [0.2, 0.25) is 0 Å². The summed E-state index contributed by atoms with van der Waals surface area (Å²) in [7, 11) is 0. The second-order valence-electron chi connectivity index (χ2n) is 3.95. The molecule has 0 radical (unpaired) electrons. The topological polar surface area (TPSA) is 26.0 Å². The molecule has 0 bridgehead atoms. The van der Waals surface area contributed by atoms with Crippen LogP contribution < -0.4 is 0 Å². The van der Waals surface area contributed by atoms with Crippen LogP contribution in [0.3, 0.4) is 0 Å². The Morgan fingerprint density at radius 1 is 1.58 bits per heavy atom. The molecule has 0 spiro atoms. The Labute approximate surface area is 72.9 Å². The van der Waals surface area contributed by atoms with Crippen molar-refractivity contribution in [2.24, 2.45) is 0 Å². The Kier molecular flexibility index (Phi) is 1.71. The lowest BCUT2D eigenvalue weighted by molar-refractivity contribution is 0.249. The van der Waals surface area contributed by atoms with E-state index in [1.165, 1.54) is 19.3 Å². The van der Waals surface area contributed by atoms with E-state index >= 15 is 0 Å². The summed E-state index contributed by atoms with van der Waals surface area (Å²) in [6, 6.07) is 2.11. The fraction of sp³-hybridized carbons (Fsp3) is 0.700. The van der Waals surface area contributed by atoms with Crippen LogP contribution in [-0.2, 0) is 11.8 Å². The van der Waals surface area contributed by atoms with E-state index in [1.54, 1.807) is 0 Å². The summed E-state index contributed by atoms with van der Waals surface area (Å²) in [4.78, 5) is 0. The molecule has 0 atom stereocenters. The van der Waals surface area contributed by atoms with E-state index in [1.807, 2.05) is 0 Å². The highest BCUT2D eigenvalue weighted by atomic mass is 16.5. The van der Waals surface area contributed by atoms with E-state index in [-0.39, 0.29) is 0 Å². The quantitative estimate of drug-likeness (QED) is 0.673. The molecule has 0 amide bonds. The zero-order valence-corrected chi connectivity index (χ0v) is 7.76. The van der Waals surface area contributed by atoms with Gasteiger partial charge in [-0.05, 0) is 12.8 Å². The maximum absolute atomic E-state index is 5.19. The smallest absolute Gasteiger partial charge is 0.136 e. The second kappa shape index (κ2) is 2.61. The molecule has 1 aromatic heterocycles. The Morgan fingerprint density at radius 3 is 2.75 bits per heavy atom. The lowest BCUT2D eigenvalue weighted by Gasteiger charge is -2.36. The van der Waals surface area contributed by atoms with Crippen molar-refractivity contribution in [3.63, 3.8) is 0 Å². The van der Waals surface area contributed by atoms with Gasteiger partial charge in [-0.1, -0.05) is 25.4 Å². The predicted molar refractivity (Wildman–Crippen MR) is 47.1 cm³/mol. The van der Waals surface area contributed by atoms with E-state index in [4.69, 9.17) is 4.52 Å². The molecule has 0 aromatic carbocycles. The molecule has 0 N–H and O–H groups in total. The molecule has 1 aliphatic rings. The monoisotopic (exact) mass is 165 g/mol. The number of rotatable bonds is 2. The first-order valence-corrected chi connectivity index (χ1v) is 4.71. The maximum atomic E-state index is 5.19. The van der Waals surface area contributed by atoms with Gasteiger partial charge in [-0.2, -0.15) is 0 Å². The summed E-state index contributed by atoms with van der Waals surface area (Å²) >= 11 is 0. The fourth-order valence-electron chi connectivity index (χ4n) is 1.73. The van der Waals surface area contributed by atoms with Crippen molar-refractivity contribution in [3.05, 3.63) is 17.5 Å². The van der Waals surface area contributed by atoms with Gasteiger partial charge in [-0.15, -0.1) is 0 Å². The Bertz CT molecular complexity index is 273. The lowest BCUT2D eigenvalue weighted by atomic mass is 9.68. The normalized spacial score (nSPS) is 20.5. The molecule has 1 aromatic rings. The first-order valence-electron chi connectivity index (χ1n) is 4.71. The summed E-state index contributed by atoms with van der Waals surface area (Å²) in [6.07, 6.45) is 4.82. The van der Waals surface area contributed by atoms with Gasteiger partial charge in [0.1, 0.15) is 5.76 Å². The Balaban J connectivity index is 2.22. The van der Waals surface area contributed by atoms with Crippen molar-refractivity contribution in [2.45, 2.75) is 44.9 Å². The molecule has 0 unspecified atom stereocenters. The molecule has 0 aliphatic heterocycles. The first kappa shape index (κ1) is 7.84. The van der Waals surface area contributed by atoms with E-state index in [0.29, 0.717) is 5.41 Å². The van der Waals surface area contributed by atoms with Crippen LogP contribution in [0.25, 0.3) is 0 Å². The predicted octanol–water partition coefficient (Wildman–Crippen LogP) is 2.68. The number of aromatic nitrogens is 1. The van der Waals surface area contributed by atoms with Gasteiger partial charge in [0.05, 0.1) is 5.69 Å². The van der Waals surface area contributed by atoms with E-state index in [9.17, 15) is 0 Å². The second-order valence-corrected chi connectivity index (χ2v) is 3.95. The molecule has 66 valence electrons. The third-order valence-electron chi connectivity index (χ3n) is 2.98. The summed E-state index contributed by atoms with van der Waals surface area (Å²) in [5.74, 6) is 1.01. The molecule has 2 nitrogen and oxygen atoms in total. The molecule has 0 saturated heterocycles. The first-order chi connectivity index (χ1) is 5.74. The van der Waals surface area contributed by atoms with Gasteiger partial charge in [0.15, 0.2) is 0 Å². The molecule has 12 heavy (non-hydrogen) atoms. The zero-order chi connectivity index (χ0) is 8.60. The molecule has 1 fully saturated rings. The van der Waals surface area contributed by atoms with Gasteiger partial charge in [0.2, 0.25) is 0 Å². The lowest BCUT2D eigenvalue weighted by Crippen LogP contribution is -2.30. The van der Waals surface area contributed by atoms with Crippen LogP contribution in [0.5, 0.6) is 0 Å². The summed E-state index contributed by atoms with van der Waals surface area (Å²) < 4.78 is 5.19. The number of hydrogen-bond acceptors (Lipinski definition) is 2. The Hall–Kier alpha value is -0.790. The Morgan fingerprint density at radius 2 is 2.33 bits per heavy atom. The van der Waals surface area contributed by atoms with Crippen molar-refractivity contribution in [3.8, 4) is 0 Å². The van der Waals surface area contributed by atoms with Crippen molar-refractivity contribution in [2.75, 3.05) is 0 Å². The van der Waals surface area contributed by atoms with Crippen LogP contribution in [0.15, 0.2) is 10.6 Å². The molecule has 1 saturated carbocycles. The van der Waals surface area contributed by atoms with Crippen LogP contribution in [-0.4, -0.2) is 5.16 Å². The minimum atomic E-state index is 0.330. The SMILES string of the molecule is CCc1cc(C2(C)CCC2)no1. The van der Waals surface area contributed by atoms with E-state index in [2.05, 4.69) is 25.1 Å². The number of nitrogens with zero attached hydrogens (tertiary/aromatic N) is 1. The summed E-state index contributed by atoms with van der Waals surface area (Å²) in [6.45, 7) is 4.36. The largest absolute Gasteiger partial charge is 0.361 e.